The third-order valence-electron chi connectivity index (χ3n) is 4.57. The van der Waals surface area contributed by atoms with Crippen molar-refractivity contribution in [2.45, 2.75) is 26.3 Å². The van der Waals surface area contributed by atoms with Crippen LogP contribution in [-0.4, -0.2) is 0 Å². The highest BCUT2D eigenvalue weighted by atomic mass is 15.0. The molecule has 2 heterocycles. The summed E-state index contributed by atoms with van der Waals surface area (Å²) in [4.78, 5) is 0. The lowest BCUT2D eigenvalue weighted by atomic mass is 9.99. The highest BCUT2D eigenvalue weighted by Crippen LogP contribution is 2.28. The summed E-state index contributed by atoms with van der Waals surface area (Å²) in [6, 6.07) is 22.1. The Morgan fingerprint density at radius 1 is 0.818 bits per heavy atom. The normalized spacial score (nSPS) is 12.3. The first kappa shape index (κ1) is 13.3. The summed E-state index contributed by atoms with van der Waals surface area (Å²) in [5, 5.41) is 0. The summed E-state index contributed by atoms with van der Waals surface area (Å²) in [7, 11) is 0. The minimum Gasteiger partial charge on any atom is -0.193 e. The topological polar surface area (TPSA) is 3.88 Å². The molecule has 1 aliphatic rings. The van der Waals surface area contributed by atoms with Crippen molar-refractivity contribution in [3.05, 3.63) is 78.0 Å². The molecule has 0 aliphatic carbocycles. The number of fused-ring (bicyclic) bond motifs is 3. The Morgan fingerprint density at radius 3 is 2.32 bits per heavy atom. The van der Waals surface area contributed by atoms with E-state index in [9.17, 15) is 0 Å². The molecule has 0 N–H and O–H groups in total. The summed E-state index contributed by atoms with van der Waals surface area (Å²) in [5.41, 5.74) is 8.06. The standard InChI is InChI=1S/C21H20N/c1-15(2)16-7-9-17(10-8-16)18-11-12-21-20-6-4-3-5-19(20)14-22(21)13-18/h3-13,15H,14H2,1-2H3/q+1. The number of benzene rings is 2. The van der Waals surface area contributed by atoms with Crippen LogP contribution in [0, 0.1) is 0 Å². The van der Waals surface area contributed by atoms with Gasteiger partial charge in [0.2, 0.25) is 5.69 Å². The second-order valence-electron chi connectivity index (χ2n) is 6.36. The van der Waals surface area contributed by atoms with Crippen molar-refractivity contribution in [2.75, 3.05) is 0 Å². The van der Waals surface area contributed by atoms with Crippen molar-refractivity contribution in [1.82, 2.24) is 0 Å². The fourth-order valence-corrected chi connectivity index (χ4v) is 3.24. The van der Waals surface area contributed by atoms with E-state index in [1.807, 2.05) is 0 Å². The van der Waals surface area contributed by atoms with Crippen molar-refractivity contribution in [3.63, 3.8) is 0 Å². The molecular weight excluding hydrogens is 266 g/mol. The molecule has 1 aromatic heterocycles. The predicted molar refractivity (Wildman–Crippen MR) is 90.7 cm³/mol. The van der Waals surface area contributed by atoms with E-state index in [1.54, 1.807) is 0 Å². The summed E-state index contributed by atoms with van der Waals surface area (Å²) >= 11 is 0. The molecule has 0 amide bonds. The summed E-state index contributed by atoms with van der Waals surface area (Å²) < 4.78 is 2.36. The minimum atomic E-state index is 0.581. The average Bonchev–Trinajstić information content (AvgIpc) is 2.92. The largest absolute Gasteiger partial charge is 0.213 e. The summed E-state index contributed by atoms with van der Waals surface area (Å²) in [6.07, 6.45) is 2.28. The van der Waals surface area contributed by atoms with Gasteiger partial charge in [-0.3, -0.25) is 0 Å². The van der Waals surface area contributed by atoms with Gasteiger partial charge in [-0.1, -0.05) is 56.3 Å². The van der Waals surface area contributed by atoms with Crippen molar-refractivity contribution in [3.8, 4) is 22.4 Å². The van der Waals surface area contributed by atoms with Gasteiger partial charge in [0.25, 0.3) is 0 Å². The van der Waals surface area contributed by atoms with E-state index in [0.29, 0.717) is 5.92 Å². The van der Waals surface area contributed by atoms with Crippen LogP contribution < -0.4 is 4.57 Å². The van der Waals surface area contributed by atoms with Gasteiger partial charge in [0.05, 0.1) is 5.56 Å². The monoisotopic (exact) mass is 286 g/mol. The molecule has 0 bridgehead atoms. The van der Waals surface area contributed by atoms with Gasteiger partial charge in [-0.15, -0.1) is 0 Å². The fraction of sp³-hybridized carbons (Fsp3) is 0.190. The zero-order valence-corrected chi connectivity index (χ0v) is 13.1. The van der Waals surface area contributed by atoms with Crippen LogP contribution in [-0.2, 0) is 6.54 Å². The molecule has 22 heavy (non-hydrogen) atoms. The van der Waals surface area contributed by atoms with Crippen LogP contribution in [0.3, 0.4) is 0 Å². The Labute approximate surface area is 131 Å². The van der Waals surface area contributed by atoms with E-state index < -0.39 is 0 Å². The molecule has 1 aliphatic heterocycles. The van der Waals surface area contributed by atoms with Gasteiger partial charge < -0.3 is 0 Å². The van der Waals surface area contributed by atoms with Gasteiger partial charge >= 0.3 is 0 Å². The molecule has 3 aromatic rings. The average molecular weight is 286 g/mol. The van der Waals surface area contributed by atoms with E-state index in [0.717, 1.165) is 6.54 Å². The molecule has 0 unspecified atom stereocenters. The van der Waals surface area contributed by atoms with Crippen LogP contribution in [0.5, 0.6) is 0 Å². The minimum absolute atomic E-state index is 0.581. The number of aromatic nitrogens is 1. The smallest absolute Gasteiger partial charge is 0.193 e. The number of hydrogen-bond acceptors (Lipinski definition) is 0. The first-order valence-electron chi connectivity index (χ1n) is 7.94. The summed E-state index contributed by atoms with van der Waals surface area (Å²) in [5.74, 6) is 0.581. The molecule has 0 spiro atoms. The van der Waals surface area contributed by atoms with Gasteiger partial charge in [0.15, 0.2) is 12.7 Å². The van der Waals surface area contributed by atoms with Crippen LogP contribution >= 0.6 is 0 Å². The second kappa shape index (κ2) is 5.10. The molecule has 0 radical (unpaired) electrons. The van der Waals surface area contributed by atoms with Crippen molar-refractivity contribution in [2.24, 2.45) is 0 Å². The van der Waals surface area contributed by atoms with Crippen LogP contribution in [0.4, 0.5) is 0 Å². The molecule has 0 saturated carbocycles. The SMILES string of the molecule is CC(C)c1ccc(-c2ccc3[n+](c2)Cc2ccccc2-3)cc1. The molecule has 4 rings (SSSR count). The molecule has 0 atom stereocenters. The van der Waals surface area contributed by atoms with Crippen molar-refractivity contribution in [1.29, 1.82) is 0 Å². The van der Waals surface area contributed by atoms with Crippen molar-refractivity contribution >= 4 is 0 Å². The van der Waals surface area contributed by atoms with E-state index in [2.05, 4.69) is 85.3 Å². The molecule has 1 nitrogen and oxygen atoms in total. The van der Waals surface area contributed by atoms with Crippen LogP contribution in [0.2, 0.25) is 0 Å². The first-order valence-corrected chi connectivity index (χ1v) is 7.94. The fourth-order valence-electron chi connectivity index (χ4n) is 3.24. The van der Waals surface area contributed by atoms with Crippen LogP contribution in [0.15, 0.2) is 66.9 Å². The maximum atomic E-state index is 2.36. The Balaban J connectivity index is 1.72. The molecule has 1 heteroatoms. The van der Waals surface area contributed by atoms with Crippen LogP contribution in [0.25, 0.3) is 22.4 Å². The zero-order valence-electron chi connectivity index (χ0n) is 13.1. The third-order valence-corrected chi connectivity index (χ3v) is 4.57. The lowest BCUT2D eigenvalue weighted by Gasteiger charge is -2.06. The Kier molecular flexibility index (Phi) is 3.07. The van der Waals surface area contributed by atoms with Gasteiger partial charge in [0, 0.05) is 17.2 Å². The lowest BCUT2D eigenvalue weighted by molar-refractivity contribution is -0.671. The zero-order chi connectivity index (χ0) is 15.1. The first-order chi connectivity index (χ1) is 10.7. The summed E-state index contributed by atoms with van der Waals surface area (Å²) in [6.45, 7) is 5.44. The molecule has 0 fully saturated rings. The number of nitrogens with zero attached hydrogens (tertiary/aromatic N) is 1. The van der Waals surface area contributed by atoms with E-state index in [1.165, 1.54) is 33.5 Å². The highest BCUT2D eigenvalue weighted by molar-refractivity contribution is 5.67. The van der Waals surface area contributed by atoms with E-state index >= 15 is 0 Å². The Hall–Kier alpha value is -2.41. The van der Waals surface area contributed by atoms with Gasteiger partial charge in [-0.25, -0.2) is 0 Å². The highest BCUT2D eigenvalue weighted by Gasteiger charge is 2.25. The number of pyridine rings is 1. The Morgan fingerprint density at radius 2 is 1.55 bits per heavy atom. The van der Waals surface area contributed by atoms with Crippen molar-refractivity contribution < 1.29 is 4.57 Å². The van der Waals surface area contributed by atoms with Crippen LogP contribution in [0.1, 0.15) is 30.9 Å². The molecule has 2 aromatic carbocycles. The molecular formula is C21H20N+. The number of hydrogen-bond donors (Lipinski definition) is 0. The van der Waals surface area contributed by atoms with E-state index in [-0.39, 0.29) is 0 Å². The predicted octanol–water partition coefficient (Wildman–Crippen LogP) is 4.79. The van der Waals surface area contributed by atoms with Gasteiger partial charge in [-0.2, -0.15) is 4.57 Å². The van der Waals surface area contributed by atoms with E-state index in [4.69, 9.17) is 0 Å². The maximum absolute atomic E-state index is 2.36. The Bertz CT molecular complexity index is 829. The number of rotatable bonds is 2. The maximum Gasteiger partial charge on any atom is 0.213 e. The van der Waals surface area contributed by atoms with Gasteiger partial charge in [0.1, 0.15) is 0 Å². The quantitative estimate of drug-likeness (QED) is 0.466. The molecule has 108 valence electrons. The van der Waals surface area contributed by atoms with Gasteiger partial charge in [-0.05, 0) is 29.2 Å². The lowest BCUT2D eigenvalue weighted by Crippen LogP contribution is -2.31. The third kappa shape index (κ3) is 2.14. The second-order valence-corrected chi connectivity index (χ2v) is 6.36. The molecule has 0 saturated heterocycles.